The van der Waals surface area contributed by atoms with Gasteiger partial charge in [0.15, 0.2) is 0 Å². The molecule has 1 aliphatic heterocycles. The quantitative estimate of drug-likeness (QED) is 0.602. The summed E-state index contributed by atoms with van der Waals surface area (Å²) in [6, 6.07) is 11.6. The van der Waals surface area contributed by atoms with Gasteiger partial charge in [-0.25, -0.2) is 9.03 Å². The number of hydrogen-bond acceptors (Lipinski definition) is 5. The van der Waals surface area contributed by atoms with Crippen LogP contribution < -0.4 is 14.3 Å². The number of carbonyl (C=O) groups is 2. The van der Waals surface area contributed by atoms with Gasteiger partial charge in [-0.1, -0.05) is 18.2 Å². The number of aromatic hydroxyl groups is 1. The molecule has 27 heavy (non-hydrogen) atoms. The topological polar surface area (TPSA) is 116 Å². The summed E-state index contributed by atoms with van der Waals surface area (Å²) in [7, 11) is -2.42. The van der Waals surface area contributed by atoms with Crippen molar-refractivity contribution in [3.63, 3.8) is 0 Å². The fraction of sp³-hybridized carbons (Fsp3) is 0.176. The number of phenols is 1. The number of phenolic OH excluding ortho intramolecular Hbond substituents is 1. The summed E-state index contributed by atoms with van der Waals surface area (Å²) in [5.41, 5.74) is 2.16. The molecule has 0 bridgehead atoms. The van der Waals surface area contributed by atoms with Crippen LogP contribution in [0.25, 0.3) is 0 Å². The van der Waals surface area contributed by atoms with Gasteiger partial charge in [0.05, 0.1) is 5.69 Å². The fourth-order valence-corrected chi connectivity index (χ4v) is 3.92. The van der Waals surface area contributed by atoms with E-state index in [0.29, 0.717) is 12.0 Å². The Bertz CT molecular complexity index is 994. The first-order valence-electron chi connectivity index (χ1n) is 7.76. The van der Waals surface area contributed by atoms with E-state index in [1.807, 2.05) is 10.8 Å². The van der Waals surface area contributed by atoms with Gasteiger partial charge < -0.3 is 10.4 Å². The van der Waals surface area contributed by atoms with Crippen molar-refractivity contribution < 1.29 is 23.1 Å². The third-order valence-corrected chi connectivity index (χ3v) is 5.34. The van der Waals surface area contributed by atoms with Crippen LogP contribution in [0.15, 0.2) is 42.5 Å². The number of nitrogens with zero attached hydrogens (tertiary/aromatic N) is 1. The molecule has 0 saturated carbocycles. The molecule has 0 atom stereocenters. The number of nitrogens with one attached hydrogen (secondary N) is 2. The second-order valence-corrected chi connectivity index (χ2v) is 7.41. The van der Waals surface area contributed by atoms with E-state index in [0.717, 1.165) is 15.4 Å². The van der Waals surface area contributed by atoms with E-state index in [9.17, 15) is 23.1 Å². The molecule has 3 rings (SSSR count). The van der Waals surface area contributed by atoms with Crippen molar-refractivity contribution in [3.05, 3.63) is 59.2 Å². The molecule has 0 aromatic heterocycles. The zero-order valence-corrected chi connectivity index (χ0v) is 14.7. The van der Waals surface area contributed by atoms with E-state index in [-0.39, 0.29) is 75.3 Å². The molecule has 0 radical (unpaired) electrons. The molecule has 2 amide bonds. The van der Waals surface area contributed by atoms with Crippen LogP contribution in [-0.2, 0) is 21.4 Å². The molecule has 1 aliphatic rings. The first-order valence-corrected chi connectivity index (χ1v) is 9.20. The zero-order chi connectivity index (χ0) is 18.9. The predicted octanol–water partition coefficient (Wildman–Crippen LogP) is -0.125. The molecule has 1 fully saturated rings. The Balaban J connectivity index is 0.00000261. The number of carbonyl (C=O) groups excluding carboxylic acids is 2. The number of anilines is 1. The Kier molecular flexibility index (Phi) is 7.06. The first-order chi connectivity index (χ1) is 12.3. The monoisotopic (exact) mass is 415 g/mol. The van der Waals surface area contributed by atoms with Crippen LogP contribution in [0, 0.1) is 0 Å². The van der Waals surface area contributed by atoms with Crippen LogP contribution in [0.2, 0.25) is 0 Å². The Morgan fingerprint density at radius 2 is 1.93 bits per heavy atom. The standard InChI is InChI=1S/C17H17N3O5S.K.H/c1-18-17(23)13-4-2-3-11(8-13)7-12-5-6-14(15(21)9-12)20-10-16(22)19-26(20,24)25;;/h2-6,8-9,21H,7,10H2,1H3,(H,18,23)(H,19,22);;. The molecule has 10 heteroatoms. The van der Waals surface area contributed by atoms with Crippen LogP contribution in [0.4, 0.5) is 5.69 Å². The summed E-state index contributed by atoms with van der Waals surface area (Å²) in [6.07, 6.45) is 0.447. The van der Waals surface area contributed by atoms with Crippen molar-refractivity contribution in [1.29, 1.82) is 0 Å². The van der Waals surface area contributed by atoms with E-state index < -0.39 is 16.1 Å². The van der Waals surface area contributed by atoms with Gasteiger partial charge in [-0.15, -0.1) is 0 Å². The van der Waals surface area contributed by atoms with E-state index in [2.05, 4.69) is 5.32 Å². The van der Waals surface area contributed by atoms with Gasteiger partial charge in [0, 0.05) is 12.6 Å². The Hall–Kier alpha value is -1.43. The Labute approximate surface area is 199 Å². The van der Waals surface area contributed by atoms with Crippen LogP contribution >= 0.6 is 0 Å². The van der Waals surface area contributed by atoms with E-state index >= 15 is 0 Å². The summed E-state index contributed by atoms with van der Waals surface area (Å²) in [6.45, 7) is -0.372. The first kappa shape index (κ1) is 21.9. The fourth-order valence-electron chi connectivity index (χ4n) is 2.75. The molecule has 3 N–H and O–H groups in total. The molecule has 2 aromatic rings. The third kappa shape index (κ3) is 4.89. The number of hydrogen-bond donors (Lipinski definition) is 3. The van der Waals surface area contributed by atoms with Crippen molar-refractivity contribution in [2.24, 2.45) is 0 Å². The van der Waals surface area contributed by atoms with Crippen LogP contribution in [0.1, 0.15) is 21.5 Å². The van der Waals surface area contributed by atoms with Crippen molar-refractivity contribution in [2.45, 2.75) is 6.42 Å². The van der Waals surface area contributed by atoms with E-state index in [1.54, 1.807) is 31.3 Å². The summed E-state index contributed by atoms with van der Waals surface area (Å²) in [5, 5.41) is 12.8. The van der Waals surface area contributed by atoms with Gasteiger partial charge in [0.25, 0.3) is 11.8 Å². The molecular formula is C17H18KN3O5S. The molecule has 1 saturated heterocycles. The molecule has 0 aliphatic carbocycles. The van der Waals surface area contributed by atoms with E-state index in [1.165, 1.54) is 12.1 Å². The SMILES string of the molecule is CNC(=O)c1cccc(Cc2ccc(N3CC(=O)NS3(=O)=O)c(O)c2)c1.[KH]. The second kappa shape index (κ2) is 8.72. The zero-order valence-electron chi connectivity index (χ0n) is 13.9. The molecule has 2 aromatic carbocycles. The summed E-state index contributed by atoms with van der Waals surface area (Å²) in [5.74, 6) is -1.09. The second-order valence-electron chi connectivity index (χ2n) is 5.82. The van der Waals surface area contributed by atoms with Crippen molar-refractivity contribution >= 4 is 79.1 Å². The maximum absolute atomic E-state index is 11.9. The van der Waals surface area contributed by atoms with Crippen LogP contribution in [-0.4, -0.2) is 90.3 Å². The number of benzene rings is 2. The number of amides is 2. The van der Waals surface area contributed by atoms with Crippen molar-refractivity contribution in [1.82, 2.24) is 10.0 Å². The van der Waals surface area contributed by atoms with Gasteiger partial charge in [-0.2, -0.15) is 8.42 Å². The average molecular weight is 416 g/mol. The Morgan fingerprint density at radius 3 is 2.52 bits per heavy atom. The molecule has 0 unspecified atom stereocenters. The van der Waals surface area contributed by atoms with Gasteiger partial charge in [0.2, 0.25) is 0 Å². The van der Waals surface area contributed by atoms with Crippen LogP contribution in [0.5, 0.6) is 5.75 Å². The van der Waals surface area contributed by atoms with Crippen LogP contribution in [0.3, 0.4) is 0 Å². The molecule has 138 valence electrons. The molecule has 1 heterocycles. The maximum atomic E-state index is 11.9. The molecular weight excluding hydrogens is 397 g/mol. The van der Waals surface area contributed by atoms with Gasteiger partial charge in [0.1, 0.15) is 12.3 Å². The summed E-state index contributed by atoms with van der Waals surface area (Å²) < 4.78 is 26.4. The Morgan fingerprint density at radius 1 is 1.22 bits per heavy atom. The van der Waals surface area contributed by atoms with E-state index in [4.69, 9.17) is 0 Å². The molecule has 0 spiro atoms. The van der Waals surface area contributed by atoms with Gasteiger partial charge in [-0.05, 0) is 41.8 Å². The molecule has 8 nitrogen and oxygen atoms in total. The predicted molar refractivity (Wildman–Crippen MR) is 102 cm³/mol. The van der Waals surface area contributed by atoms with Gasteiger partial charge >= 0.3 is 61.6 Å². The van der Waals surface area contributed by atoms with Gasteiger partial charge in [-0.3, -0.25) is 9.59 Å². The summed E-state index contributed by atoms with van der Waals surface area (Å²) >= 11 is 0. The van der Waals surface area contributed by atoms with Crippen molar-refractivity contribution in [2.75, 3.05) is 17.9 Å². The average Bonchev–Trinajstić information content (AvgIpc) is 2.86. The third-order valence-electron chi connectivity index (χ3n) is 3.95. The minimum absolute atomic E-state index is 0. The normalized spacial score (nSPS) is 15.0. The number of rotatable bonds is 4. The van der Waals surface area contributed by atoms with Crippen molar-refractivity contribution in [3.8, 4) is 5.75 Å². The minimum atomic E-state index is -3.97. The summed E-state index contributed by atoms with van der Waals surface area (Å²) in [4.78, 5) is 23.0.